The minimum absolute atomic E-state index is 0.0256. The fourth-order valence-corrected chi connectivity index (χ4v) is 4.30. The van der Waals surface area contributed by atoms with E-state index < -0.39 is 0 Å². The molecule has 2 amide bonds. The van der Waals surface area contributed by atoms with Crippen LogP contribution < -0.4 is 0 Å². The Hall–Kier alpha value is -2.63. The van der Waals surface area contributed by atoms with Crippen LogP contribution in [0.25, 0.3) is 0 Å². The van der Waals surface area contributed by atoms with Crippen molar-refractivity contribution >= 4 is 11.8 Å². The molecule has 1 aromatic heterocycles. The Morgan fingerprint density at radius 1 is 1.19 bits per heavy atom. The fraction of sp³-hybridized carbons (Fsp3) is 0.476. The molecule has 2 saturated heterocycles. The second-order valence-electron chi connectivity index (χ2n) is 7.49. The number of amides is 2. The summed E-state index contributed by atoms with van der Waals surface area (Å²) in [4.78, 5) is 29.5. The molecular weight excluding hydrogens is 340 g/mol. The molecule has 0 spiro atoms. The van der Waals surface area contributed by atoms with E-state index in [4.69, 9.17) is 0 Å². The zero-order valence-corrected chi connectivity index (χ0v) is 15.8. The number of benzene rings is 1. The molecule has 2 fully saturated rings. The van der Waals surface area contributed by atoms with Gasteiger partial charge in [0.15, 0.2) is 0 Å². The lowest BCUT2D eigenvalue weighted by atomic mass is 9.98. The number of nitrogens with zero attached hydrogens (tertiary/aromatic N) is 4. The Labute approximate surface area is 159 Å². The van der Waals surface area contributed by atoms with Gasteiger partial charge in [0.2, 0.25) is 5.91 Å². The van der Waals surface area contributed by atoms with Crippen LogP contribution in [0.1, 0.15) is 42.2 Å². The number of carbonyl (C=O) groups excluding carboxylic acids is 2. The molecule has 0 N–H and O–H groups in total. The fourth-order valence-electron chi connectivity index (χ4n) is 4.30. The zero-order chi connectivity index (χ0) is 18.8. The first-order valence-corrected chi connectivity index (χ1v) is 9.82. The van der Waals surface area contributed by atoms with Crippen LogP contribution in [-0.4, -0.2) is 50.5 Å². The van der Waals surface area contributed by atoms with Crippen LogP contribution in [0.3, 0.4) is 0 Å². The molecule has 0 aliphatic carbocycles. The average Bonchev–Trinajstić information content (AvgIpc) is 3.31. The van der Waals surface area contributed by atoms with Gasteiger partial charge in [0.05, 0.1) is 6.04 Å². The van der Waals surface area contributed by atoms with Crippen LogP contribution in [0.4, 0.5) is 0 Å². The van der Waals surface area contributed by atoms with Gasteiger partial charge in [-0.2, -0.15) is 5.10 Å². The molecule has 1 aromatic carbocycles. The summed E-state index contributed by atoms with van der Waals surface area (Å²) in [6.07, 6.45) is 4.34. The lowest BCUT2D eigenvalue weighted by molar-refractivity contribution is -0.133. The average molecular weight is 366 g/mol. The highest BCUT2D eigenvalue weighted by Crippen LogP contribution is 2.32. The van der Waals surface area contributed by atoms with Gasteiger partial charge in [-0.3, -0.25) is 14.3 Å². The molecule has 0 bridgehead atoms. The van der Waals surface area contributed by atoms with E-state index in [0.29, 0.717) is 37.7 Å². The van der Waals surface area contributed by atoms with Gasteiger partial charge in [-0.25, -0.2) is 0 Å². The summed E-state index contributed by atoms with van der Waals surface area (Å²) in [5.74, 6) is 0.524. The summed E-state index contributed by atoms with van der Waals surface area (Å²) < 4.78 is 1.77. The summed E-state index contributed by atoms with van der Waals surface area (Å²) in [6, 6.07) is 12.0. The Balaban J connectivity index is 1.53. The highest BCUT2D eigenvalue weighted by atomic mass is 16.2. The first-order valence-electron chi connectivity index (χ1n) is 9.82. The number of hydrogen-bond acceptors (Lipinski definition) is 3. The Morgan fingerprint density at radius 2 is 2.00 bits per heavy atom. The highest BCUT2D eigenvalue weighted by molar-refractivity contribution is 5.92. The summed E-state index contributed by atoms with van der Waals surface area (Å²) in [5, 5.41) is 4.36. The standard InChI is InChI=1S/C21H26N4O2/c1-2-24-12-11-18(22-24)21(27)23-14-17-9-6-10-20(26)25(19(17)15-23)13-16-7-4-3-5-8-16/h3-5,7-8,11-12,17,19H,2,6,9-10,13-15H2,1H3/t17-,19+/m1/s1. The molecule has 6 nitrogen and oxygen atoms in total. The van der Waals surface area contributed by atoms with Crippen molar-refractivity contribution in [2.24, 2.45) is 5.92 Å². The van der Waals surface area contributed by atoms with E-state index in [1.807, 2.05) is 41.1 Å². The molecule has 6 heteroatoms. The third kappa shape index (κ3) is 3.61. The maximum Gasteiger partial charge on any atom is 0.274 e. The first kappa shape index (κ1) is 17.8. The van der Waals surface area contributed by atoms with Crippen LogP contribution in [0.15, 0.2) is 42.6 Å². The largest absolute Gasteiger partial charge is 0.335 e. The number of rotatable bonds is 4. The number of carbonyl (C=O) groups is 2. The molecule has 0 unspecified atom stereocenters. The van der Waals surface area contributed by atoms with Crippen LogP contribution >= 0.6 is 0 Å². The zero-order valence-electron chi connectivity index (χ0n) is 15.8. The van der Waals surface area contributed by atoms with E-state index in [2.05, 4.69) is 17.2 Å². The van der Waals surface area contributed by atoms with E-state index >= 15 is 0 Å². The number of aromatic nitrogens is 2. The molecule has 3 heterocycles. The third-order valence-electron chi connectivity index (χ3n) is 5.76. The van der Waals surface area contributed by atoms with Gasteiger partial charge in [0, 0.05) is 38.8 Å². The van der Waals surface area contributed by atoms with Crippen molar-refractivity contribution in [3.05, 3.63) is 53.9 Å². The minimum Gasteiger partial charge on any atom is -0.335 e. The van der Waals surface area contributed by atoms with Gasteiger partial charge in [-0.05, 0) is 37.3 Å². The van der Waals surface area contributed by atoms with Crippen molar-refractivity contribution in [1.82, 2.24) is 19.6 Å². The Kier molecular flexibility index (Phi) is 4.97. The van der Waals surface area contributed by atoms with Crippen molar-refractivity contribution in [1.29, 1.82) is 0 Å². The monoisotopic (exact) mass is 366 g/mol. The van der Waals surface area contributed by atoms with Gasteiger partial charge in [0.1, 0.15) is 5.69 Å². The summed E-state index contributed by atoms with van der Waals surface area (Å²) in [5.41, 5.74) is 1.63. The SMILES string of the molecule is CCn1ccc(C(=O)N2C[C@H]3CCCC(=O)N(Cc4ccccc4)[C@H]3C2)n1. The van der Waals surface area contributed by atoms with Crippen LogP contribution in [0.2, 0.25) is 0 Å². The number of aryl methyl sites for hydroxylation is 1. The van der Waals surface area contributed by atoms with Gasteiger partial charge in [-0.1, -0.05) is 30.3 Å². The van der Waals surface area contributed by atoms with Gasteiger partial charge in [0.25, 0.3) is 5.91 Å². The molecule has 4 rings (SSSR count). The normalized spacial score (nSPS) is 22.6. The molecule has 2 aromatic rings. The highest BCUT2D eigenvalue weighted by Gasteiger charge is 2.42. The molecule has 2 atom stereocenters. The number of hydrogen-bond donors (Lipinski definition) is 0. The van der Waals surface area contributed by atoms with Crippen molar-refractivity contribution < 1.29 is 9.59 Å². The van der Waals surface area contributed by atoms with Crippen molar-refractivity contribution in [2.45, 2.75) is 45.3 Å². The van der Waals surface area contributed by atoms with E-state index in [1.165, 1.54) is 0 Å². The van der Waals surface area contributed by atoms with Gasteiger partial charge < -0.3 is 9.80 Å². The topological polar surface area (TPSA) is 58.4 Å². The Bertz CT molecular complexity index is 817. The number of likely N-dealkylation sites (tertiary alicyclic amines) is 2. The van der Waals surface area contributed by atoms with Crippen LogP contribution in [0, 0.1) is 5.92 Å². The smallest absolute Gasteiger partial charge is 0.274 e. The first-order chi connectivity index (χ1) is 13.2. The molecule has 0 saturated carbocycles. The second-order valence-corrected chi connectivity index (χ2v) is 7.49. The van der Waals surface area contributed by atoms with E-state index in [9.17, 15) is 9.59 Å². The molecule has 2 aliphatic rings. The molecular formula is C21H26N4O2. The summed E-state index contributed by atoms with van der Waals surface area (Å²) in [6.45, 7) is 4.68. The third-order valence-corrected chi connectivity index (χ3v) is 5.76. The van der Waals surface area contributed by atoms with Crippen LogP contribution in [-0.2, 0) is 17.9 Å². The summed E-state index contributed by atoms with van der Waals surface area (Å²) >= 11 is 0. The quantitative estimate of drug-likeness (QED) is 0.836. The molecule has 0 radical (unpaired) electrons. The Morgan fingerprint density at radius 3 is 2.74 bits per heavy atom. The maximum absolute atomic E-state index is 12.9. The lowest BCUT2D eigenvalue weighted by Gasteiger charge is -2.30. The molecule has 142 valence electrons. The summed E-state index contributed by atoms with van der Waals surface area (Å²) in [7, 11) is 0. The van der Waals surface area contributed by atoms with E-state index in [1.54, 1.807) is 10.7 Å². The van der Waals surface area contributed by atoms with E-state index in [0.717, 1.165) is 24.9 Å². The van der Waals surface area contributed by atoms with Gasteiger partial charge in [-0.15, -0.1) is 0 Å². The van der Waals surface area contributed by atoms with Crippen molar-refractivity contribution in [3.8, 4) is 0 Å². The molecule has 2 aliphatic heterocycles. The predicted molar refractivity (Wildman–Crippen MR) is 102 cm³/mol. The molecule has 27 heavy (non-hydrogen) atoms. The van der Waals surface area contributed by atoms with Gasteiger partial charge >= 0.3 is 0 Å². The van der Waals surface area contributed by atoms with Crippen LogP contribution in [0.5, 0.6) is 0 Å². The second kappa shape index (κ2) is 7.55. The maximum atomic E-state index is 12.9. The lowest BCUT2D eigenvalue weighted by Crippen LogP contribution is -2.43. The van der Waals surface area contributed by atoms with Crippen molar-refractivity contribution in [3.63, 3.8) is 0 Å². The minimum atomic E-state index is -0.0256. The number of fused-ring (bicyclic) bond motifs is 1. The van der Waals surface area contributed by atoms with E-state index in [-0.39, 0.29) is 17.9 Å². The predicted octanol–water partition coefficient (Wildman–Crippen LogP) is 2.56. The van der Waals surface area contributed by atoms with Crippen molar-refractivity contribution in [2.75, 3.05) is 13.1 Å².